The first-order valence-corrected chi connectivity index (χ1v) is 15.5. The van der Waals surface area contributed by atoms with Gasteiger partial charge in [0.2, 0.25) is 0 Å². The van der Waals surface area contributed by atoms with Crippen molar-refractivity contribution < 1.29 is 94.9 Å². The van der Waals surface area contributed by atoms with Crippen LogP contribution in [0.2, 0.25) is 0 Å². The Morgan fingerprint density at radius 3 is 1.33 bits per heavy atom. The molecular weight excluding hydrogens is 716 g/mol. The minimum absolute atomic E-state index is 0.569. The van der Waals surface area contributed by atoms with Gasteiger partial charge in [-0.15, -0.1) is 0 Å². The lowest BCUT2D eigenvalue weighted by Gasteiger charge is -2.41. The third-order valence-electron chi connectivity index (χ3n) is 8.80. The Morgan fingerprint density at radius 1 is 0.646 bits per heavy atom. The molecule has 3 aliphatic carbocycles. The molecule has 0 aromatic heterocycles. The summed E-state index contributed by atoms with van der Waals surface area (Å²) < 4.78 is 202. The van der Waals surface area contributed by atoms with Gasteiger partial charge in [-0.1, -0.05) is 0 Å². The van der Waals surface area contributed by atoms with E-state index in [1.54, 1.807) is 0 Å². The minimum atomic E-state index is -6.08. The van der Waals surface area contributed by atoms with Crippen molar-refractivity contribution in [2.24, 2.45) is 17.8 Å². The average Bonchev–Trinajstić information content (AvgIpc) is 2.94. The molecule has 0 aliphatic heterocycles. The van der Waals surface area contributed by atoms with Crippen molar-refractivity contribution in [2.45, 2.75) is 106 Å². The highest BCUT2D eigenvalue weighted by Gasteiger charge is 2.74. The van der Waals surface area contributed by atoms with Crippen LogP contribution in [-0.2, 0) is 29.2 Å². The summed E-state index contributed by atoms with van der Waals surface area (Å²) in [5.74, 6) is -9.09. The third-order valence-corrected chi connectivity index (χ3v) is 9.65. The zero-order chi connectivity index (χ0) is 36.9. The zero-order valence-electron chi connectivity index (χ0n) is 24.1. The molecule has 1 unspecified atom stereocenters. The number of allylic oxidation sites excluding steroid dienone is 1. The fourth-order valence-electron chi connectivity index (χ4n) is 6.15. The molecule has 0 radical (unpaired) electrons. The predicted octanol–water partition coefficient (Wildman–Crippen LogP) is 5.62. The number of carbonyl (C=O) groups excluding carboxylic acids is 2. The number of hydrogen-bond acceptors (Lipinski definition) is 8. The van der Waals surface area contributed by atoms with Crippen LogP contribution in [0.5, 0.6) is 0 Å². The number of hydrogen-bond donors (Lipinski definition) is 3. The first kappa shape index (κ1) is 39.8. The monoisotopic (exact) mass is 744 g/mol. The van der Waals surface area contributed by atoms with E-state index in [4.69, 9.17) is 9.47 Å². The van der Waals surface area contributed by atoms with Gasteiger partial charge in [-0.2, -0.15) is 61.1 Å². The van der Waals surface area contributed by atoms with E-state index in [0.29, 0.717) is 12.2 Å². The number of aliphatic hydroxyl groups is 2. The van der Waals surface area contributed by atoms with Crippen LogP contribution in [0.15, 0.2) is 22.6 Å². The molecule has 3 rings (SSSR count). The number of rotatable bonds is 7. The molecule has 0 heterocycles. The molecule has 9 nitrogen and oxygen atoms in total. The van der Waals surface area contributed by atoms with Crippen LogP contribution < -0.4 is 0 Å². The summed E-state index contributed by atoms with van der Waals surface area (Å²) in [6.07, 6.45) is -32.4. The fourth-order valence-corrected chi connectivity index (χ4v) is 6.78. The van der Waals surface area contributed by atoms with Crippen molar-refractivity contribution >= 4 is 22.1 Å². The molecule has 2 fully saturated rings. The average molecular weight is 745 g/mol. The Bertz CT molecular complexity index is 1350. The second-order valence-electron chi connectivity index (χ2n) is 11.8. The summed E-state index contributed by atoms with van der Waals surface area (Å²) in [7, 11) is -5.14. The van der Waals surface area contributed by atoms with Gasteiger partial charge in [0.25, 0.3) is 21.3 Å². The van der Waals surface area contributed by atoms with Crippen LogP contribution in [0.3, 0.4) is 0 Å². The van der Waals surface area contributed by atoms with Crippen molar-refractivity contribution in [2.75, 3.05) is 0 Å². The van der Waals surface area contributed by atoms with Crippen LogP contribution >= 0.6 is 0 Å². The van der Waals surface area contributed by atoms with Crippen molar-refractivity contribution in [3.63, 3.8) is 0 Å². The van der Waals surface area contributed by atoms with Crippen molar-refractivity contribution in [1.29, 1.82) is 0 Å². The Labute approximate surface area is 263 Å². The quantitative estimate of drug-likeness (QED) is 0.172. The molecule has 276 valence electrons. The fraction of sp³-hybridized carbons (Fsp3) is 0.769. The largest absolute Gasteiger partial charge is 0.462 e. The summed E-state index contributed by atoms with van der Waals surface area (Å²) in [5.41, 5.74) is -10.7. The third kappa shape index (κ3) is 7.90. The molecule has 0 spiro atoms. The normalized spacial score (nSPS) is 27.1. The van der Waals surface area contributed by atoms with Gasteiger partial charge in [-0.25, -0.2) is 4.79 Å². The maximum atomic E-state index is 13.2. The molecule has 3 N–H and O–H groups in total. The maximum absolute atomic E-state index is 13.2. The summed E-state index contributed by atoms with van der Waals surface area (Å²) in [6, 6.07) is 0. The van der Waals surface area contributed by atoms with Crippen LogP contribution in [0.1, 0.15) is 57.8 Å². The molecule has 2 saturated carbocycles. The Kier molecular flexibility index (Phi) is 11.0. The molecule has 0 bridgehead atoms. The maximum Gasteiger partial charge on any atom is 0.426 e. The molecular formula is C26H28F12O9S. The van der Waals surface area contributed by atoms with Gasteiger partial charge in [0.15, 0.2) is 0 Å². The van der Waals surface area contributed by atoms with Crippen LogP contribution in [-0.4, -0.2) is 83.2 Å². The van der Waals surface area contributed by atoms with Crippen molar-refractivity contribution in [1.82, 2.24) is 0 Å². The highest BCUT2D eigenvalue weighted by atomic mass is 32.2. The lowest BCUT2D eigenvalue weighted by atomic mass is 9.75. The molecule has 48 heavy (non-hydrogen) atoms. The Hall–Kier alpha value is -2.59. The number of alkyl halides is 12. The summed E-state index contributed by atoms with van der Waals surface area (Å²) in [6.45, 7) is 0. The van der Waals surface area contributed by atoms with Crippen molar-refractivity contribution in [3.05, 3.63) is 22.6 Å². The van der Waals surface area contributed by atoms with Gasteiger partial charge in [-0.3, -0.25) is 9.35 Å². The molecule has 1 atom stereocenters. The molecule has 0 saturated heterocycles. The molecule has 0 amide bonds. The van der Waals surface area contributed by atoms with Gasteiger partial charge in [-0.05, 0) is 69.9 Å². The summed E-state index contributed by atoms with van der Waals surface area (Å²) >= 11 is 0. The predicted molar refractivity (Wildman–Crippen MR) is 134 cm³/mol. The molecule has 3 aliphatic rings. The smallest absolute Gasteiger partial charge is 0.426 e. The van der Waals surface area contributed by atoms with E-state index in [1.165, 1.54) is 0 Å². The second-order valence-corrected chi connectivity index (χ2v) is 13.3. The van der Waals surface area contributed by atoms with E-state index < -0.39 is 156 Å². The van der Waals surface area contributed by atoms with Crippen LogP contribution in [0.25, 0.3) is 0 Å². The standard InChI is InChI=1S/C26H28F12O9S/c27-23(28,29)21(41,24(30,31)32)14-1-5-16(6-2-14)46-19(39)12-9-13(11-18(10-12)48(43,44)45)20(40)47-17-7-3-15(4-8-17)22(42,25(33,34)35)26(36,37)38/h10-12,14-17,41-42H,1-9H2,(H,43,44,45). The minimum Gasteiger partial charge on any atom is -0.462 e. The highest BCUT2D eigenvalue weighted by molar-refractivity contribution is 7.90. The number of esters is 2. The first-order valence-electron chi connectivity index (χ1n) is 14.1. The first-order chi connectivity index (χ1) is 21.5. The van der Waals surface area contributed by atoms with E-state index in [0.717, 1.165) is 0 Å². The van der Waals surface area contributed by atoms with Crippen LogP contribution in [0.4, 0.5) is 52.7 Å². The SMILES string of the molecule is O=C(OC1CCC(C(O)(C(F)(F)F)C(F)(F)F)CC1)C1=CC(S(=O)(=O)O)=CC(C(=O)OC2CCC(C(O)(C(F)(F)F)C(F)(F)F)CC2)C1. The topological polar surface area (TPSA) is 147 Å². The summed E-state index contributed by atoms with van der Waals surface area (Å²) in [5, 5.41) is 19.2. The second kappa shape index (κ2) is 13.3. The molecule has 22 heteroatoms. The van der Waals surface area contributed by atoms with E-state index >= 15 is 0 Å². The van der Waals surface area contributed by atoms with E-state index in [2.05, 4.69) is 0 Å². The zero-order valence-corrected chi connectivity index (χ0v) is 25.0. The van der Waals surface area contributed by atoms with E-state index in [-0.39, 0.29) is 0 Å². The summed E-state index contributed by atoms with van der Waals surface area (Å²) in [4.78, 5) is 24.6. The van der Waals surface area contributed by atoms with Gasteiger partial charge >= 0.3 is 36.6 Å². The van der Waals surface area contributed by atoms with Gasteiger partial charge in [0, 0.05) is 17.4 Å². The number of carbonyl (C=O) groups is 2. The lowest BCUT2D eigenvalue weighted by Crippen LogP contribution is -2.62. The Balaban J connectivity index is 1.67. The molecule has 0 aromatic rings. The number of ether oxygens (including phenoxy) is 2. The Morgan fingerprint density at radius 2 is 1.00 bits per heavy atom. The molecule has 0 aromatic carbocycles. The van der Waals surface area contributed by atoms with Gasteiger partial charge < -0.3 is 19.7 Å². The number of halogens is 12. The van der Waals surface area contributed by atoms with E-state index in [9.17, 15) is 85.5 Å². The van der Waals surface area contributed by atoms with Crippen LogP contribution in [0, 0.1) is 17.8 Å². The van der Waals surface area contributed by atoms with Gasteiger partial charge in [0.05, 0.1) is 10.8 Å². The lowest BCUT2D eigenvalue weighted by molar-refractivity contribution is -0.388. The highest BCUT2D eigenvalue weighted by Crippen LogP contribution is 2.53. The van der Waals surface area contributed by atoms with Crippen molar-refractivity contribution in [3.8, 4) is 0 Å². The van der Waals surface area contributed by atoms with E-state index in [1.807, 2.05) is 0 Å². The van der Waals surface area contributed by atoms with Gasteiger partial charge in [0.1, 0.15) is 12.2 Å².